The Morgan fingerprint density at radius 3 is 2.62 bits per heavy atom. The molecule has 1 aromatic heterocycles. The first-order valence-electron chi connectivity index (χ1n) is 9.28. The lowest BCUT2D eigenvalue weighted by Crippen LogP contribution is -2.27. The number of hydrogen-bond acceptors (Lipinski definition) is 4. The third kappa shape index (κ3) is 4.08. The molecular weight excluding hydrogens is 376 g/mol. The number of hydrogen-bond donors (Lipinski definition) is 0. The van der Waals surface area contributed by atoms with Crippen molar-refractivity contribution in [1.29, 1.82) is 0 Å². The maximum absolute atomic E-state index is 13.8. The van der Waals surface area contributed by atoms with Gasteiger partial charge in [-0.1, -0.05) is 35.5 Å². The molecule has 2 heterocycles. The van der Waals surface area contributed by atoms with Crippen molar-refractivity contribution in [1.82, 2.24) is 15.0 Å². The van der Waals surface area contributed by atoms with E-state index in [1.54, 1.807) is 11.8 Å². The van der Waals surface area contributed by atoms with E-state index in [-0.39, 0.29) is 23.3 Å². The monoisotopic (exact) mass is 395 g/mol. The van der Waals surface area contributed by atoms with Gasteiger partial charge in [-0.3, -0.25) is 4.79 Å². The Balaban J connectivity index is 1.57. The van der Waals surface area contributed by atoms with Gasteiger partial charge in [0.15, 0.2) is 5.82 Å². The first kappa shape index (κ1) is 19.0. The van der Waals surface area contributed by atoms with Gasteiger partial charge in [0.05, 0.1) is 5.92 Å². The van der Waals surface area contributed by atoms with Crippen LogP contribution in [-0.2, 0) is 4.79 Å². The second-order valence-electron chi connectivity index (χ2n) is 7.05. The minimum atomic E-state index is -0.585. The summed E-state index contributed by atoms with van der Waals surface area (Å²) < 4.78 is 32.5. The molecule has 0 saturated carbocycles. The number of halogens is 2. The molecule has 1 amide bonds. The van der Waals surface area contributed by atoms with Crippen molar-refractivity contribution >= 4 is 12.0 Å². The maximum atomic E-state index is 13.8. The number of carbonyl (C=O) groups excluding carboxylic acids is 1. The van der Waals surface area contributed by atoms with Crippen molar-refractivity contribution in [2.75, 3.05) is 13.1 Å². The zero-order valence-corrected chi connectivity index (χ0v) is 15.8. The van der Waals surface area contributed by atoms with Crippen molar-refractivity contribution in [3.63, 3.8) is 0 Å². The van der Waals surface area contributed by atoms with Crippen LogP contribution in [0.5, 0.6) is 0 Å². The molecule has 2 aromatic carbocycles. The first-order valence-corrected chi connectivity index (χ1v) is 9.28. The van der Waals surface area contributed by atoms with Crippen LogP contribution >= 0.6 is 0 Å². The molecule has 1 aliphatic rings. The number of benzene rings is 2. The normalized spacial score (nSPS) is 19.2. The van der Waals surface area contributed by atoms with Crippen molar-refractivity contribution in [2.24, 2.45) is 0 Å². The van der Waals surface area contributed by atoms with Gasteiger partial charge in [0.1, 0.15) is 11.6 Å². The highest BCUT2D eigenvalue weighted by atomic mass is 19.1. The Morgan fingerprint density at radius 1 is 1.14 bits per heavy atom. The Kier molecular flexibility index (Phi) is 5.20. The summed E-state index contributed by atoms with van der Waals surface area (Å²) in [4.78, 5) is 18.7. The number of amides is 1. The van der Waals surface area contributed by atoms with Crippen LogP contribution in [0.3, 0.4) is 0 Å². The average molecular weight is 395 g/mol. The molecule has 3 aromatic rings. The van der Waals surface area contributed by atoms with Crippen molar-refractivity contribution in [3.8, 4) is 0 Å². The number of rotatable bonds is 4. The third-order valence-electron chi connectivity index (χ3n) is 5.08. The maximum Gasteiger partial charge on any atom is 0.246 e. The fraction of sp³-hybridized carbons (Fsp3) is 0.227. The molecule has 148 valence electrons. The van der Waals surface area contributed by atoms with E-state index < -0.39 is 11.6 Å². The summed E-state index contributed by atoms with van der Waals surface area (Å²) in [7, 11) is 0. The molecule has 1 aliphatic heterocycles. The zero-order chi connectivity index (χ0) is 20.4. The summed E-state index contributed by atoms with van der Waals surface area (Å²) in [6.07, 6.45) is 2.56. The Morgan fingerprint density at radius 2 is 1.90 bits per heavy atom. The summed E-state index contributed by atoms with van der Waals surface area (Å²) in [6.45, 7) is 2.61. The van der Waals surface area contributed by atoms with E-state index in [0.717, 1.165) is 23.8 Å². The van der Waals surface area contributed by atoms with Gasteiger partial charge in [0.25, 0.3) is 0 Å². The molecule has 0 bridgehead atoms. The molecule has 0 unspecified atom stereocenters. The summed E-state index contributed by atoms with van der Waals surface area (Å²) in [5, 5.41) is 3.87. The van der Waals surface area contributed by atoms with Crippen LogP contribution in [0.15, 0.2) is 59.1 Å². The third-order valence-corrected chi connectivity index (χ3v) is 5.08. The molecule has 7 heteroatoms. The number of likely N-dealkylation sites (tertiary alicyclic amines) is 1. The fourth-order valence-electron chi connectivity index (χ4n) is 3.64. The molecule has 0 aliphatic carbocycles. The van der Waals surface area contributed by atoms with E-state index in [0.29, 0.717) is 24.8 Å². The zero-order valence-electron chi connectivity index (χ0n) is 15.8. The smallest absolute Gasteiger partial charge is 0.246 e. The molecule has 1 saturated heterocycles. The summed E-state index contributed by atoms with van der Waals surface area (Å²) in [5.41, 5.74) is 1.10. The molecule has 29 heavy (non-hydrogen) atoms. The minimum Gasteiger partial charge on any atom is -0.339 e. The average Bonchev–Trinajstić information content (AvgIpc) is 3.35. The van der Waals surface area contributed by atoms with Gasteiger partial charge in [0.2, 0.25) is 11.8 Å². The predicted molar refractivity (Wildman–Crippen MR) is 103 cm³/mol. The molecule has 5 nitrogen and oxygen atoms in total. The molecule has 0 N–H and O–H groups in total. The number of carbonyl (C=O) groups is 1. The second kappa shape index (κ2) is 7.95. The SMILES string of the molecule is Cc1noc([C@@H]2CN(C(=O)/C=C\c3cc(F)ccc3F)C[C@@H]2c2ccccc2)n1. The Bertz CT molecular complexity index is 1050. The number of aryl methyl sites for hydroxylation is 1. The van der Waals surface area contributed by atoms with E-state index in [9.17, 15) is 13.6 Å². The minimum absolute atomic E-state index is 0.000643. The standard InChI is InChI=1S/C22H19F2N3O2/c1-14-25-22(29-26-14)19-13-27(12-18(19)15-5-3-2-4-6-15)21(28)10-7-16-11-17(23)8-9-20(16)24/h2-11,18-19H,12-13H2,1H3/b10-7-/t18-,19-/m1/s1. The van der Waals surface area contributed by atoms with Crippen molar-refractivity contribution < 1.29 is 18.1 Å². The van der Waals surface area contributed by atoms with Crippen molar-refractivity contribution in [3.05, 3.63) is 89.1 Å². The first-order chi connectivity index (χ1) is 14.0. The lowest BCUT2D eigenvalue weighted by molar-refractivity contribution is -0.125. The quantitative estimate of drug-likeness (QED) is 0.625. The molecule has 0 spiro atoms. The Hall–Kier alpha value is -3.35. The van der Waals surface area contributed by atoms with Gasteiger partial charge >= 0.3 is 0 Å². The van der Waals surface area contributed by atoms with Crippen LogP contribution in [0.4, 0.5) is 8.78 Å². The van der Waals surface area contributed by atoms with Crippen LogP contribution < -0.4 is 0 Å². The van der Waals surface area contributed by atoms with Gasteiger partial charge in [-0.25, -0.2) is 8.78 Å². The van der Waals surface area contributed by atoms with E-state index >= 15 is 0 Å². The lowest BCUT2D eigenvalue weighted by atomic mass is 9.89. The van der Waals surface area contributed by atoms with Crippen LogP contribution in [0.1, 0.15) is 34.7 Å². The molecule has 4 rings (SSSR count). The Labute approximate surface area is 166 Å². The number of nitrogens with zero attached hydrogens (tertiary/aromatic N) is 3. The summed E-state index contributed by atoms with van der Waals surface area (Å²) >= 11 is 0. The fourth-order valence-corrected chi connectivity index (χ4v) is 3.64. The largest absolute Gasteiger partial charge is 0.339 e. The predicted octanol–water partition coefficient (Wildman–Crippen LogP) is 4.08. The van der Waals surface area contributed by atoms with Gasteiger partial charge in [0, 0.05) is 30.6 Å². The van der Waals surface area contributed by atoms with Gasteiger partial charge < -0.3 is 9.42 Å². The van der Waals surface area contributed by atoms with Crippen LogP contribution in [-0.4, -0.2) is 34.0 Å². The van der Waals surface area contributed by atoms with Crippen LogP contribution in [0.2, 0.25) is 0 Å². The van der Waals surface area contributed by atoms with E-state index in [1.807, 2.05) is 30.3 Å². The van der Waals surface area contributed by atoms with E-state index in [4.69, 9.17) is 4.52 Å². The highest BCUT2D eigenvalue weighted by Crippen LogP contribution is 2.39. The lowest BCUT2D eigenvalue weighted by Gasteiger charge is -2.15. The molecule has 1 fully saturated rings. The second-order valence-corrected chi connectivity index (χ2v) is 7.05. The summed E-state index contributed by atoms with van der Waals surface area (Å²) in [6, 6.07) is 13.0. The van der Waals surface area contributed by atoms with Crippen molar-refractivity contribution in [2.45, 2.75) is 18.8 Å². The van der Waals surface area contributed by atoms with E-state index in [1.165, 1.54) is 12.2 Å². The molecule has 0 radical (unpaired) electrons. The van der Waals surface area contributed by atoms with Crippen LogP contribution in [0.25, 0.3) is 6.08 Å². The summed E-state index contributed by atoms with van der Waals surface area (Å²) in [5.74, 6) is -0.534. The highest BCUT2D eigenvalue weighted by Gasteiger charge is 2.39. The van der Waals surface area contributed by atoms with Gasteiger partial charge in [-0.15, -0.1) is 0 Å². The topological polar surface area (TPSA) is 59.2 Å². The van der Waals surface area contributed by atoms with Gasteiger partial charge in [-0.05, 0) is 36.8 Å². The molecule has 2 atom stereocenters. The highest BCUT2D eigenvalue weighted by molar-refractivity contribution is 5.92. The van der Waals surface area contributed by atoms with Gasteiger partial charge in [-0.2, -0.15) is 4.98 Å². The molecular formula is C22H19F2N3O2. The van der Waals surface area contributed by atoms with Crippen LogP contribution in [0, 0.1) is 18.6 Å². The number of aromatic nitrogens is 2. The van der Waals surface area contributed by atoms with E-state index in [2.05, 4.69) is 10.1 Å².